The van der Waals surface area contributed by atoms with E-state index >= 15 is 0 Å². The van der Waals surface area contributed by atoms with Crippen LogP contribution >= 0.6 is 0 Å². The summed E-state index contributed by atoms with van der Waals surface area (Å²) in [6.45, 7) is 0. The van der Waals surface area contributed by atoms with Gasteiger partial charge in [0.2, 0.25) is 0 Å². The minimum Gasteiger partial charge on any atom is -0.497 e. The van der Waals surface area contributed by atoms with E-state index < -0.39 is 10.8 Å². The van der Waals surface area contributed by atoms with Crippen molar-refractivity contribution in [3.8, 4) is 11.4 Å². The zero-order valence-electron chi connectivity index (χ0n) is 13.4. The molecule has 3 heterocycles. The van der Waals surface area contributed by atoms with E-state index in [-0.39, 0.29) is 11.7 Å². The highest BCUT2D eigenvalue weighted by Crippen LogP contribution is 2.32. The van der Waals surface area contributed by atoms with Crippen LogP contribution in [0.5, 0.6) is 5.75 Å². The maximum Gasteiger partial charge on any atom is 0.292 e. The van der Waals surface area contributed by atoms with Gasteiger partial charge in [0, 0.05) is 16.4 Å². The Morgan fingerprint density at radius 2 is 2.08 bits per heavy atom. The third-order valence-corrected chi connectivity index (χ3v) is 5.17. The Balaban J connectivity index is 1.75. The van der Waals surface area contributed by atoms with Crippen molar-refractivity contribution in [3.05, 3.63) is 59.7 Å². The predicted molar refractivity (Wildman–Crippen MR) is 92.3 cm³/mol. The lowest BCUT2D eigenvalue weighted by molar-refractivity contribution is 0.0996. The van der Waals surface area contributed by atoms with Gasteiger partial charge in [-0.25, -0.2) is 4.68 Å². The van der Waals surface area contributed by atoms with E-state index in [9.17, 15) is 9.00 Å². The molecule has 0 saturated heterocycles. The normalized spacial score (nSPS) is 15.8. The van der Waals surface area contributed by atoms with Gasteiger partial charge in [-0.2, -0.15) is 5.10 Å². The monoisotopic (exact) mass is 357 g/mol. The molecule has 128 valence electrons. The largest absolute Gasteiger partial charge is 0.497 e. The minimum absolute atomic E-state index is 0.204. The molecule has 3 aromatic rings. The summed E-state index contributed by atoms with van der Waals surface area (Å²) in [6.07, 6.45) is 1.44. The lowest BCUT2D eigenvalue weighted by atomic mass is 10.2. The number of amides is 1. The van der Waals surface area contributed by atoms with E-state index in [1.54, 1.807) is 23.9 Å². The quantitative estimate of drug-likeness (QED) is 0.775. The molecule has 0 spiro atoms. The Bertz CT molecular complexity index is 945. The Labute approximate surface area is 146 Å². The number of aromatic nitrogens is 2. The highest BCUT2D eigenvalue weighted by Gasteiger charge is 2.28. The Kier molecular flexibility index (Phi) is 3.89. The van der Waals surface area contributed by atoms with Crippen molar-refractivity contribution in [2.75, 3.05) is 12.4 Å². The molecule has 8 heteroatoms. The van der Waals surface area contributed by atoms with Crippen LogP contribution in [-0.2, 0) is 22.3 Å². The number of carbonyl (C=O) groups excluding carboxylic acids is 1. The summed E-state index contributed by atoms with van der Waals surface area (Å²) in [5.41, 5.74) is 2.31. The van der Waals surface area contributed by atoms with Gasteiger partial charge in [-0.05, 0) is 36.4 Å². The number of hydrogen-bond donors (Lipinski definition) is 1. The minimum atomic E-state index is -0.990. The number of ether oxygens (including phenoxy) is 1. The Morgan fingerprint density at radius 3 is 2.76 bits per heavy atom. The van der Waals surface area contributed by atoms with Crippen molar-refractivity contribution < 1.29 is 18.2 Å². The summed E-state index contributed by atoms with van der Waals surface area (Å²) in [6, 6.07) is 10.6. The fourth-order valence-electron chi connectivity index (χ4n) is 2.74. The Morgan fingerprint density at radius 1 is 1.28 bits per heavy atom. The van der Waals surface area contributed by atoms with Crippen LogP contribution in [0.25, 0.3) is 5.69 Å². The number of anilines is 1. The molecule has 0 bridgehead atoms. The molecule has 1 atom stereocenters. The number of furan rings is 1. The molecule has 2 aromatic heterocycles. The maximum atomic E-state index is 12.4. The van der Waals surface area contributed by atoms with Gasteiger partial charge < -0.3 is 14.5 Å². The van der Waals surface area contributed by atoms with Crippen molar-refractivity contribution in [1.29, 1.82) is 0 Å². The molecule has 25 heavy (non-hydrogen) atoms. The van der Waals surface area contributed by atoms with Crippen LogP contribution in [0.15, 0.2) is 47.1 Å². The summed E-state index contributed by atoms with van der Waals surface area (Å²) in [5.74, 6) is 1.84. The molecule has 1 unspecified atom stereocenters. The maximum absolute atomic E-state index is 12.4. The predicted octanol–water partition coefficient (Wildman–Crippen LogP) is 2.49. The smallest absolute Gasteiger partial charge is 0.292 e. The van der Waals surface area contributed by atoms with E-state index in [2.05, 4.69) is 10.4 Å². The van der Waals surface area contributed by atoms with Crippen LogP contribution in [-0.4, -0.2) is 27.0 Å². The highest BCUT2D eigenvalue weighted by molar-refractivity contribution is 7.83. The van der Waals surface area contributed by atoms with E-state index in [4.69, 9.17) is 9.15 Å². The molecule has 1 amide bonds. The van der Waals surface area contributed by atoms with Crippen LogP contribution in [0.1, 0.15) is 21.8 Å². The van der Waals surface area contributed by atoms with Gasteiger partial charge in [0.05, 0.1) is 36.3 Å². The first-order valence-corrected chi connectivity index (χ1v) is 9.09. The summed E-state index contributed by atoms with van der Waals surface area (Å²) in [4.78, 5) is 12.4. The van der Waals surface area contributed by atoms with Crippen LogP contribution < -0.4 is 10.1 Å². The lowest BCUT2D eigenvalue weighted by Crippen LogP contribution is -2.16. The van der Waals surface area contributed by atoms with Crippen LogP contribution in [0.2, 0.25) is 0 Å². The van der Waals surface area contributed by atoms with Gasteiger partial charge >= 0.3 is 0 Å². The van der Waals surface area contributed by atoms with Crippen LogP contribution in [0, 0.1) is 0 Å². The molecule has 4 rings (SSSR count). The van der Waals surface area contributed by atoms with E-state index in [0.717, 1.165) is 22.7 Å². The van der Waals surface area contributed by atoms with Crippen LogP contribution in [0.3, 0.4) is 0 Å². The highest BCUT2D eigenvalue weighted by atomic mass is 32.2. The van der Waals surface area contributed by atoms with Gasteiger partial charge in [-0.15, -0.1) is 0 Å². The second-order valence-corrected chi connectivity index (χ2v) is 7.00. The second-order valence-electron chi connectivity index (χ2n) is 5.54. The van der Waals surface area contributed by atoms with Crippen molar-refractivity contribution in [3.63, 3.8) is 0 Å². The molecule has 1 aromatic carbocycles. The molecular weight excluding hydrogens is 342 g/mol. The first-order valence-electron chi connectivity index (χ1n) is 7.60. The van der Waals surface area contributed by atoms with Crippen molar-refractivity contribution in [2.45, 2.75) is 11.5 Å². The zero-order chi connectivity index (χ0) is 17.4. The zero-order valence-corrected chi connectivity index (χ0v) is 14.2. The number of carbonyl (C=O) groups is 1. The van der Waals surface area contributed by atoms with Gasteiger partial charge in [0.15, 0.2) is 5.76 Å². The first kappa shape index (κ1) is 15.6. The van der Waals surface area contributed by atoms with E-state index in [1.807, 2.05) is 24.3 Å². The van der Waals surface area contributed by atoms with E-state index in [0.29, 0.717) is 17.3 Å². The number of hydrogen-bond acceptors (Lipinski definition) is 5. The number of nitrogens with zero attached hydrogens (tertiary/aromatic N) is 2. The summed E-state index contributed by atoms with van der Waals surface area (Å²) < 4.78 is 23.8. The average Bonchev–Trinajstić information content (AvgIpc) is 3.33. The molecular formula is C17H15N3O4S. The fourth-order valence-corrected chi connectivity index (χ4v) is 4.01. The topological polar surface area (TPSA) is 86.4 Å². The number of nitrogens with one attached hydrogen (secondary N) is 1. The number of fused-ring (bicyclic) bond motifs is 1. The molecule has 0 fully saturated rings. The molecule has 7 nitrogen and oxygen atoms in total. The number of methoxy groups -OCH3 is 1. The van der Waals surface area contributed by atoms with Gasteiger partial charge in [0.25, 0.3) is 5.91 Å². The summed E-state index contributed by atoms with van der Waals surface area (Å²) >= 11 is 0. The molecule has 1 aliphatic heterocycles. The second kappa shape index (κ2) is 6.21. The van der Waals surface area contributed by atoms with Crippen LogP contribution in [0.4, 0.5) is 5.82 Å². The third-order valence-electron chi connectivity index (χ3n) is 3.96. The molecule has 0 aliphatic carbocycles. The molecule has 0 radical (unpaired) electrons. The first-order chi connectivity index (χ1) is 12.2. The summed E-state index contributed by atoms with van der Waals surface area (Å²) in [7, 11) is 0.609. The van der Waals surface area contributed by atoms with Crippen molar-refractivity contribution >= 4 is 22.5 Å². The van der Waals surface area contributed by atoms with Gasteiger partial charge in [0.1, 0.15) is 11.6 Å². The average molecular weight is 357 g/mol. The third kappa shape index (κ3) is 2.85. The van der Waals surface area contributed by atoms with E-state index in [1.165, 1.54) is 6.26 Å². The molecule has 1 N–H and O–H groups in total. The number of rotatable bonds is 4. The SMILES string of the molecule is COc1ccc(-n2nc3c(c2NC(=O)c2ccco2)CS(=O)C3)cc1. The fraction of sp³-hybridized carbons (Fsp3) is 0.176. The van der Waals surface area contributed by atoms with Gasteiger partial charge in [-0.3, -0.25) is 9.00 Å². The Hall–Kier alpha value is -2.87. The van der Waals surface area contributed by atoms with Crippen molar-refractivity contribution in [1.82, 2.24) is 9.78 Å². The summed E-state index contributed by atoms with van der Waals surface area (Å²) in [5, 5.41) is 7.38. The molecule has 0 saturated carbocycles. The molecule has 1 aliphatic rings. The van der Waals surface area contributed by atoms with Crippen molar-refractivity contribution in [2.24, 2.45) is 0 Å². The van der Waals surface area contributed by atoms with Gasteiger partial charge in [-0.1, -0.05) is 0 Å². The standard InChI is InChI=1S/C17H15N3O4S/c1-23-12-6-4-11(5-7-12)20-16(13-9-25(22)10-14(13)19-20)18-17(21)15-3-2-8-24-15/h2-8H,9-10H2,1H3,(H,18,21). The number of benzene rings is 1. The lowest BCUT2D eigenvalue weighted by Gasteiger charge is -2.10.